The number of carboxylic acid groups (broad SMARTS) is 1. The largest absolute Gasteiger partial charge is 0.495 e. The second-order valence-electron chi connectivity index (χ2n) is 8.50. The van der Waals surface area contributed by atoms with Crippen molar-refractivity contribution in [2.45, 2.75) is 30.8 Å². The number of aliphatic hydroxyl groups excluding tert-OH is 1. The summed E-state index contributed by atoms with van der Waals surface area (Å²) in [5.74, 6) is -1.58. The fraction of sp³-hybridized carbons (Fsp3) is 0.231. The molecule has 0 radical (unpaired) electrons. The Morgan fingerprint density at radius 2 is 1.78 bits per heavy atom. The maximum absolute atomic E-state index is 13.7. The minimum atomic E-state index is -3.96. The summed E-state index contributed by atoms with van der Waals surface area (Å²) < 4.78 is 34.0. The van der Waals surface area contributed by atoms with Gasteiger partial charge in [0.1, 0.15) is 10.6 Å². The van der Waals surface area contributed by atoms with Crippen molar-refractivity contribution in [3.8, 4) is 5.75 Å². The number of carbonyl (C=O) groups excluding carboxylic acids is 1. The van der Waals surface area contributed by atoms with Gasteiger partial charge in [0.05, 0.1) is 12.8 Å². The number of aliphatic hydroxyl groups is 1. The van der Waals surface area contributed by atoms with Gasteiger partial charge in [0.25, 0.3) is 15.9 Å². The van der Waals surface area contributed by atoms with Crippen LogP contribution in [0.15, 0.2) is 65.6 Å². The van der Waals surface area contributed by atoms with Crippen LogP contribution in [0.5, 0.6) is 5.75 Å². The number of rotatable bonds is 7. The summed E-state index contributed by atoms with van der Waals surface area (Å²) in [7, 11) is -2.54. The van der Waals surface area contributed by atoms with E-state index in [-0.39, 0.29) is 28.3 Å². The fourth-order valence-corrected chi connectivity index (χ4v) is 5.91. The van der Waals surface area contributed by atoms with Gasteiger partial charge in [-0.1, -0.05) is 24.3 Å². The van der Waals surface area contributed by atoms with Crippen LogP contribution in [-0.2, 0) is 21.2 Å². The molecule has 0 saturated heterocycles. The molecule has 1 amide bonds. The minimum Gasteiger partial charge on any atom is -0.495 e. The van der Waals surface area contributed by atoms with E-state index in [1.54, 1.807) is 43.3 Å². The lowest BCUT2D eigenvalue weighted by Gasteiger charge is -2.31. The number of carbonyl (C=O) groups is 2. The molecule has 188 valence electrons. The van der Waals surface area contributed by atoms with Crippen LogP contribution >= 0.6 is 0 Å². The zero-order valence-corrected chi connectivity index (χ0v) is 20.6. The molecular formula is C26H26N2O7S. The van der Waals surface area contributed by atoms with Crippen LogP contribution in [0.4, 0.5) is 11.4 Å². The maximum Gasteiger partial charge on any atom is 0.337 e. The number of hydrogen-bond donors (Lipinski definition) is 3. The molecule has 9 nitrogen and oxygen atoms in total. The first-order valence-electron chi connectivity index (χ1n) is 11.2. The molecule has 0 aromatic heterocycles. The highest BCUT2D eigenvalue weighted by molar-refractivity contribution is 7.93. The van der Waals surface area contributed by atoms with E-state index in [1.807, 2.05) is 0 Å². The van der Waals surface area contributed by atoms with E-state index in [2.05, 4.69) is 5.32 Å². The van der Waals surface area contributed by atoms with E-state index in [1.165, 1.54) is 35.7 Å². The number of nitrogens with zero attached hydrogens (tertiary/aromatic N) is 1. The number of fused-ring (bicyclic) bond motifs is 1. The van der Waals surface area contributed by atoms with Crippen LogP contribution in [0, 0.1) is 6.92 Å². The van der Waals surface area contributed by atoms with E-state index >= 15 is 0 Å². The second kappa shape index (κ2) is 10.00. The summed E-state index contributed by atoms with van der Waals surface area (Å²) >= 11 is 0. The Labute approximate surface area is 209 Å². The molecule has 3 aromatic rings. The molecule has 1 unspecified atom stereocenters. The molecule has 4 rings (SSSR count). The van der Waals surface area contributed by atoms with Crippen LogP contribution in [-0.4, -0.2) is 44.2 Å². The first-order chi connectivity index (χ1) is 17.1. The molecule has 0 spiro atoms. The highest BCUT2D eigenvalue weighted by Crippen LogP contribution is 2.36. The van der Waals surface area contributed by atoms with Gasteiger partial charge in [-0.05, 0) is 72.9 Å². The number of aryl methyl sites for hydroxylation is 2. The first-order valence-corrected chi connectivity index (χ1v) is 12.7. The predicted octanol–water partition coefficient (Wildman–Crippen LogP) is 3.52. The minimum absolute atomic E-state index is 0.0661. The number of hydrogen-bond acceptors (Lipinski definition) is 6. The topological polar surface area (TPSA) is 133 Å². The van der Waals surface area contributed by atoms with Crippen LogP contribution < -0.4 is 14.4 Å². The Balaban J connectivity index is 1.63. The molecule has 1 aliphatic heterocycles. The van der Waals surface area contributed by atoms with Gasteiger partial charge < -0.3 is 20.3 Å². The third-order valence-corrected chi connectivity index (χ3v) is 7.86. The smallest absolute Gasteiger partial charge is 0.337 e. The van der Waals surface area contributed by atoms with Crippen molar-refractivity contribution in [2.24, 2.45) is 0 Å². The zero-order chi connectivity index (χ0) is 26.0. The predicted molar refractivity (Wildman–Crippen MR) is 134 cm³/mol. The monoisotopic (exact) mass is 510 g/mol. The lowest BCUT2D eigenvalue weighted by molar-refractivity contribution is -0.146. The second-order valence-corrected chi connectivity index (χ2v) is 10.3. The molecule has 10 heteroatoms. The highest BCUT2D eigenvalue weighted by atomic mass is 32.2. The SMILES string of the molecule is COc1ccc(C)cc1S(=O)(=O)N1CCCc2ccc(C(=O)Nc3ccc(C(O)C(=O)O)cc3)cc21. The first kappa shape index (κ1) is 25.2. The van der Waals surface area contributed by atoms with Crippen molar-refractivity contribution in [3.63, 3.8) is 0 Å². The van der Waals surface area contributed by atoms with Gasteiger partial charge in [0, 0.05) is 17.8 Å². The molecule has 3 N–H and O–H groups in total. The fourth-order valence-electron chi connectivity index (χ4n) is 4.13. The number of ether oxygens (including phenoxy) is 1. The van der Waals surface area contributed by atoms with Crippen molar-refractivity contribution in [1.29, 1.82) is 0 Å². The molecule has 1 heterocycles. The maximum atomic E-state index is 13.7. The summed E-state index contributed by atoms with van der Waals surface area (Å²) in [5.41, 5.74) is 2.88. The van der Waals surface area contributed by atoms with E-state index < -0.39 is 28.0 Å². The van der Waals surface area contributed by atoms with E-state index in [0.29, 0.717) is 24.2 Å². The van der Waals surface area contributed by atoms with E-state index in [9.17, 15) is 23.1 Å². The summed E-state index contributed by atoms with van der Waals surface area (Å²) in [6.45, 7) is 2.07. The number of aliphatic carboxylic acids is 1. The Morgan fingerprint density at radius 1 is 1.06 bits per heavy atom. The van der Waals surface area contributed by atoms with Crippen LogP contribution in [0.25, 0.3) is 0 Å². The number of carboxylic acids is 1. The van der Waals surface area contributed by atoms with Crippen molar-refractivity contribution in [3.05, 3.63) is 82.9 Å². The van der Waals surface area contributed by atoms with Gasteiger partial charge in [-0.3, -0.25) is 9.10 Å². The highest BCUT2D eigenvalue weighted by Gasteiger charge is 2.32. The Kier molecular flexibility index (Phi) is 7.00. The van der Waals surface area contributed by atoms with Crippen molar-refractivity contribution in [1.82, 2.24) is 0 Å². The van der Waals surface area contributed by atoms with Gasteiger partial charge in [-0.15, -0.1) is 0 Å². The quantitative estimate of drug-likeness (QED) is 0.443. The van der Waals surface area contributed by atoms with Gasteiger partial charge in [0.15, 0.2) is 6.10 Å². The zero-order valence-electron chi connectivity index (χ0n) is 19.8. The molecule has 0 saturated carbocycles. The lowest BCUT2D eigenvalue weighted by Crippen LogP contribution is -2.36. The van der Waals surface area contributed by atoms with Crippen molar-refractivity contribution >= 4 is 33.3 Å². The van der Waals surface area contributed by atoms with E-state index in [0.717, 1.165) is 11.1 Å². The van der Waals surface area contributed by atoms with Crippen LogP contribution in [0.1, 0.15) is 39.6 Å². The van der Waals surface area contributed by atoms with Gasteiger partial charge in [-0.2, -0.15) is 0 Å². The number of methoxy groups -OCH3 is 1. The Morgan fingerprint density at radius 3 is 2.44 bits per heavy atom. The van der Waals surface area contributed by atoms with Crippen LogP contribution in [0.3, 0.4) is 0 Å². The molecule has 1 atom stereocenters. The third-order valence-electron chi connectivity index (χ3n) is 6.03. The number of anilines is 2. The van der Waals surface area contributed by atoms with Gasteiger partial charge in [-0.25, -0.2) is 13.2 Å². The molecule has 0 aliphatic carbocycles. The average molecular weight is 511 g/mol. The molecule has 36 heavy (non-hydrogen) atoms. The van der Waals surface area contributed by atoms with Crippen LogP contribution in [0.2, 0.25) is 0 Å². The molecular weight excluding hydrogens is 484 g/mol. The summed E-state index contributed by atoms with van der Waals surface area (Å²) in [5, 5.41) is 21.3. The standard InChI is InChI=1S/C26H26N2O7S/c1-16-5-12-22(35-2)23(14-16)36(33,34)28-13-3-4-17-6-7-19(15-21(17)28)25(30)27-20-10-8-18(9-11-20)24(29)26(31)32/h5-12,14-15,24,29H,3-4,13H2,1-2H3,(H,27,30)(H,31,32). The molecule has 1 aliphatic rings. The molecule has 0 fully saturated rings. The number of benzene rings is 3. The molecule has 3 aromatic carbocycles. The summed E-state index contributed by atoms with van der Waals surface area (Å²) in [6.07, 6.45) is -0.336. The summed E-state index contributed by atoms with van der Waals surface area (Å²) in [6, 6.07) is 15.7. The summed E-state index contributed by atoms with van der Waals surface area (Å²) in [4.78, 5) is 24.0. The van der Waals surface area contributed by atoms with E-state index in [4.69, 9.17) is 9.84 Å². The Hall–Kier alpha value is -3.89. The number of nitrogens with one attached hydrogen (secondary N) is 1. The lowest BCUT2D eigenvalue weighted by atomic mass is 10.0. The van der Waals surface area contributed by atoms with Crippen molar-refractivity contribution in [2.75, 3.05) is 23.3 Å². The van der Waals surface area contributed by atoms with Gasteiger partial charge >= 0.3 is 5.97 Å². The normalized spacial score (nSPS) is 14.0. The number of amides is 1. The average Bonchev–Trinajstić information content (AvgIpc) is 2.87. The van der Waals surface area contributed by atoms with Crippen molar-refractivity contribution < 1.29 is 33.0 Å². The number of sulfonamides is 1. The molecule has 0 bridgehead atoms. The Bertz CT molecular complexity index is 1420. The third kappa shape index (κ3) is 4.91. The van der Waals surface area contributed by atoms with Gasteiger partial charge in [0.2, 0.25) is 0 Å².